The maximum atomic E-state index is 13.2. The predicted octanol–water partition coefficient (Wildman–Crippen LogP) is 5.04. The predicted molar refractivity (Wildman–Crippen MR) is 112 cm³/mol. The normalized spacial score (nSPS) is 21.3. The van der Waals surface area contributed by atoms with Gasteiger partial charge in [-0.05, 0) is 55.0 Å². The number of nitrogens with zero attached hydrogens (tertiary/aromatic N) is 1. The SMILES string of the molecule is COc1cccc2c1OC(CN1CCC(O)(c3ccc(Cl)c(C(F)(F)F)c3)CC1)CC2. The molecule has 0 saturated carbocycles. The van der Waals surface area contributed by atoms with Crippen LogP contribution in [0.2, 0.25) is 5.02 Å². The number of fused-ring (bicyclic) bond motifs is 1. The molecule has 0 bridgehead atoms. The first-order valence-electron chi connectivity index (χ1n) is 10.3. The molecule has 1 N–H and O–H groups in total. The summed E-state index contributed by atoms with van der Waals surface area (Å²) in [6, 6.07) is 9.55. The summed E-state index contributed by atoms with van der Waals surface area (Å²) >= 11 is 5.72. The fraction of sp³-hybridized carbons (Fsp3) is 0.478. The summed E-state index contributed by atoms with van der Waals surface area (Å²) in [7, 11) is 1.62. The van der Waals surface area contributed by atoms with E-state index in [4.69, 9.17) is 21.1 Å². The van der Waals surface area contributed by atoms with E-state index in [1.807, 2.05) is 18.2 Å². The number of ether oxygens (including phenoxy) is 2. The Morgan fingerprint density at radius 2 is 1.97 bits per heavy atom. The van der Waals surface area contributed by atoms with Gasteiger partial charge in [-0.15, -0.1) is 0 Å². The zero-order valence-electron chi connectivity index (χ0n) is 17.2. The van der Waals surface area contributed by atoms with E-state index in [9.17, 15) is 18.3 Å². The fourth-order valence-corrected chi connectivity index (χ4v) is 4.66. The van der Waals surface area contributed by atoms with E-state index in [-0.39, 0.29) is 16.7 Å². The van der Waals surface area contributed by atoms with Crippen LogP contribution >= 0.6 is 11.6 Å². The first-order valence-corrected chi connectivity index (χ1v) is 10.7. The third-order valence-corrected chi connectivity index (χ3v) is 6.58. The maximum Gasteiger partial charge on any atom is 0.417 e. The minimum atomic E-state index is -4.56. The molecule has 1 atom stereocenters. The topological polar surface area (TPSA) is 41.9 Å². The third kappa shape index (κ3) is 4.64. The van der Waals surface area contributed by atoms with Crippen molar-refractivity contribution in [3.05, 3.63) is 58.1 Å². The van der Waals surface area contributed by atoms with Crippen molar-refractivity contribution in [1.82, 2.24) is 4.90 Å². The smallest absolute Gasteiger partial charge is 0.417 e. The fourth-order valence-electron chi connectivity index (χ4n) is 4.44. The molecule has 0 aromatic heterocycles. The Balaban J connectivity index is 1.40. The summed E-state index contributed by atoms with van der Waals surface area (Å²) in [5, 5.41) is 10.7. The molecule has 4 nitrogen and oxygen atoms in total. The van der Waals surface area contributed by atoms with Gasteiger partial charge < -0.3 is 14.6 Å². The van der Waals surface area contributed by atoms with Gasteiger partial charge in [0, 0.05) is 19.6 Å². The number of likely N-dealkylation sites (tertiary alicyclic amines) is 1. The molecule has 0 spiro atoms. The van der Waals surface area contributed by atoms with E-state index in [1.54, 1.807) is 7.11 Å². The van der Waals surface area contributed by atoms with E-state index in [0.717, 1.165) is 36.0 Å². The number of hydrogen-bond acceptors (Lipinski definition) is 4. The summed E-state index contributed by atoms with van der Waals surface area (Å²) in [5.74, 6) is 1.51. The number of para-hydroxylation sites is 1. The molecular formula is C23H25ClF3NO3. The second kappa shape index (κ2) is 8.52. The molecule has 31 heavy (non-hydrogen) atoms. The highest BCUT2D eigenvalue weighted by atomic mass is 35.5. The summed E-state index contributed by atoms with van der Waals surface area (Å²) < 4.78 is 51.2. The van der Waals surface area contributed by atoms with E-state index in [1.165, 1.54) is 12.1 Å². The average Bonchev–Trinajstić information content (AvgIpc) is 2.74. The molecule has 2 aromatic rings. The van der Waals surface area contributed by atoms with Crippen LogP contribution in [-0.4, -0.2) is 42.9 Å². The molecule has 1 fully saturated rings. The lowest BCUT2D eigenvalue weighted by atomic mass is 9.83. The highest BCUT2D eigenvalue weighted by Crippen LogP contribution is 2.40. The van der Waals surface area contributed by atoms with Gasteiger partial charge in [-0.25, -0.2) is 0 Å². The van der Waals surface area contributed by atoms with Gasteiger partial charge in [0.2, 0.25) is 0 Å². The van der Waals surface area contributed by atoms with Gasteiger partial charge >= 0.3 is 6.18 Å². The lowest BCUT2D eigenvalue weighted by Gasteiger charge is -2.40. The van der Waals surface area contributed by atoms with Crippen molar-refractivity contribution in [3.8, 4) is 11.5 Å². The Morgan fingerprint density at radius 1 is 1.23 bits per heavy atom. The zero-order chi connectivity index (χ0) is 22.2. The van der Waals surface area contributed by atoms with Crippen molar-refractivity contribution in [2.45, 2.75) is 43.6 Å². The Bertz CT molecular complexity index is 928. The van der Waals surface area contributed by atoms with Crippen LogP contribution in [0.1, 0.15) is 36.0 Å². The van der Waals surface area contributed by atoms with Crippen molar-refractivity contribution < 1.29 is 27.8 Å². The van der Waals surface area contributed by atoms with Crippen molar-refractivity contribution >= 4 is 11.6 Å². The summed E-state index contributed by atoms with van der Waals surface area (Å²) in [4.78, 5) is 2.19. The minimum absolute atomic E-state index is 0.00218. The van der Waals surface area contributed by atoms with Crippen molar-refractivity contribution in [1.29, 1.82) is 0 Å². The van der Waals surface area contributed by atoms with E-state index in [2.05, 4.69) is 4.90 Å². The molecule has 1 unspecified atom stereocenters. The number of hydrogen-bond donors (Lipinski definition) is 1. The molecule has 0 aliphatic carbocycles. The number of piperidine rings is 1. The number of rotatable bonds is 4. The summed E-state index contributed by atoms with van der Waals surface area (Å²) in [6.07, 6.45) is -2.08. The van der Waals surface area contributed by atoms with E-state index in [0.29, 0.717) is 32.5 Å². The molecule has 0 amide bonds. The molecule has 4 rings (SSSR count). The van der Waals surface area contributed by atoms with Crippen LogP contribution in [0.4, 0.5) is 13.2 Å². The lowest BCUT2D eigenvalue weighted by molar-refractivity contribution is -0.137. The Hall–Kier alpha value is -1.96. The number of methoxy groups -OCH3 is 1. The van der Waals surface area contributed by atoms with Crippen molar-refractivity contribution in [3.63, 3.8) is 0 Å². The summed E-state index contributed by atoms with van der Waals surface area (Å²) in [5.41, 5.74) is -0.821. The van der Waals surface area contributed by atoms with Crippen LogP contribution in [0.5, 0.6) is 11.5 Å². The largest absolute Gasteiger partial charge is 0.493 e. The van der Waals surface area contributed by atoms with E-state index < -0.39 is 17.3 Å². The minimum Gasteiger partial charge on any atom is -0.493 e. The second-order valence-corrected chi connectivity index (χ2v) is 8.66. The van der Waals surface area contributed by atoms with Gasteiger partial charge in [0.25, 0.3) is 0 Å². The number of benzene rings is 2. The second-order valence-electron chi connectivity index (χ2n) is 8.25. The van der Waals surface area contributed by atoms with Crippen LogP contribution in [0.3, 0.4) is 0 Å². The Morgan fingerprint density at radius 3 is 2.65 bits per heavy atom. The van der Waals surface area contributed by atoms with Crippen LogP contribution in [0, 0.1) is 0 Å². The van der Waals surface area contributed by atoms with Crippen LogP contribution in [-0.2, 0) is 18.2 Å². The molecule has 2 aromatic carbocycles. The molecule has 2 aliphatic heterocycles. The maximum absolute atomic E-state index is 13.2. The summed E-state index contributed by atoms with van der Waals surface area (Å²) in [6.45, 7) is 1.83. The molecule has 168 valence electrons. The molecule has 2 heterocycles. The quantitative estimate of drug-likeness (QED) is 0.701. The van der Waals surface area contributed by atoms with Gasteiger partial charge in [-0.2, -0.15) is 13.2 Å². The van der Waals surface area contributed by atoms with E-state index >= 15 is 0 Å². The number of alkyl halides is 3. The third-order valence-electron chi connectivity index (χ3n) is 6.25. The lowest BCUT2D eigenvalue weighted by Crippen LogP contribution is -2.46. The Kier molecular flexibility index (Phi) is 6.12. The van der Waals surface area contributed by atoms with Crippen molar-refractivity contribution in [2.75, 3.05) is 26.7 Å². The number of aryl methyl sites for hydroxylation is 1. The van der Waals surface area contributed by atoms with Gasteiger partial charge in [-0.1, -0.05) is 29.8 Å². The molecule has 0 radical (unpaired) electrons. The first kappa shape index (κ1) is 22.2. The monoisotopic (exact) mass is 455 g/mol. The van der Waals surface area contributed by atoms with Gasteiger partial charge in [0.05, 0.1) is 23.3 Å². The van der Waals surface area contributed by atoms with Gasteiger partial charge in [0.1, 0.15) is 6.10 Å². The Labute approximate surface area is 184 Å². The number of aliphatic hydroxyl groups is 1. The highest BCUT2D eigenvalue weighted by Gasteiger charge is 2.39. The zero-order valence-corrected chi connectivity index (χ0v) is 18.0. The standard InChI is InChI=1S/C23H25ClF3NO3/c1-30-20-4-2-3-15-5-7-17(31-21(15)20)14-28-11-9-22(29,10-12-28)16-6-8-19(24)18(13-16)23(25,26)27/h2-4,6,8,13,17,29H,5,7,9-12,14H2,1H3. The van der Waals surface area contributed by atoms with Crippen LogP contribution in [0.25, 0.3) is 0 Å². The van der Waals surface area contributed by atoms with Crippen LogP contribution < -0.4 is 9.47 Å². The van der Waals surface area contributed by atoms with Crippen molar-refractivity contribution in [2.24, 2.45) is 0 Å². The molecule has 2 aliphatic rings. The van der Waals surface area contributed by atoms with Gasteiger partial charge in [0.15, 0.2) is 11.5 Å². The van der Waals surface area contributed by atoms with Gasteiger partial charge in [-0.3, -0.25) is 4.90 Å². The molecule has 1 saturated heterocycles. The first-order chi connectivity index (χ1) is 14.7. The highest BCUT2D eigenvalue weighted by molar-refractivity contribution is 6.31. The molecular weight excluding hydrogens is 431 g/mol. The average molecular weight is 456 g/mol. The van der Waals surface area contributed by atoms with Crippen LogP contribution in [0.15, 0.2) is 36.4 Å². The molecule has 8 heteroatoms. The number of halogens is 4.